The van der Waals surface area contributed by atoms with Crippen LogP contribution in [0.1, 0.15) is 39.5 Å². The Bertz CT molecular complexity index is 374. The van der Waals surface area contributed by atoms with E-state index in [2.05, 4.69) is 5.32 Å². The molecule has 2 amide bonds. The second kappa shape index (κ2) is 4.80. The quantitative estimate of drug-likeness (QED) is 0.816. The highest BCUT2D eigenvalue weighted by atomic mass is 16.2. The van der Waals surface area contributed by atoms with Gasteiger partial charge in [0.25, 0.3) is 0 Å². The number of nitrogens with zero attached hydrogens (tertiary/aromatic N) is 1. The minimum atomic E-state index is -0.263. The second-order valence-electron chi connectivity index (χ2n) is 6.79. The molecule has 3 aliphatic rings. The number of rotatable bonds is 5. The zero-order chi connectivity index (χ0) is 13.6. The Balaban J connectivity index is 1.74. The van der Waals surface area contributed by atoms with E-state index in [-0.39, 0.29) is 30.3 Å². The van der Waals surface area contributed by atoms with Crippen molar-refractivity contribution in [3.63, 3.8) is 0 Å². The predicted molar refractivity (Wildman–Crippen MR) is 72.3 cm³/mol. The monoisotopic (exact) mass is 264 g/mol. The van der Waals surface area contributed by atoms with E-state index in [0.717, 1.165) is 18.4 Å². The van der Waals surface area contributed by atoms with Crippen LogP contribution < -0.4 is 5.32 Å². The van der Waals surface area contributed by atoms with E-state index in [1.807, 2.05) is 18.7 Å². The molecule has 1 saturated heterocycles. The van der Waals surface area contributed by atoms with Crippen LogP contribution in [0.4, 0.5) is 0 Å². The lowest BCUT2D eigenvalue weighted by Gasteiger charge is -2.39. The van der Waals surface area contributed by atoms with Crippen LogP contribution in [0.25, 0.3) is 0 Å². The summed E-state index contributed by atoms with van der Waals surface area (Å²) in [6.45, 7) is 5.05. The summed E-state index contributed by atoms with van der Waals surface area (Å²) in [5, 5.41) is 2.73. The van der Waals surface area contributed by atoms with Gasteiger partial charge in [0.05, 0.1) is 6.54 Å². The van der Waals surface area contributed by atoms with Gasteiger partial charge < -0.3 is 10.2 Å². The summed E-state index contributed by atoms with van der Waals surface area (Å²) in [7, 11) is 0. The lowest BCUT2D eigenvalue weighted by molar-refractivity contribution is -0.148. The minimum absolute atomic E-state index is 0.0277. The maximum absolute atomic E-state index is 12.2. The van der Waals surface area contributed by atoms with Crippen molar-refractivity contribution in [3.8, 4) is 0 Å². The van der Waals surface area contributed by atoms with Gasteiger partial charge in [-0.05, 0) is 49.4 Å². The van der Waals surface area contributed by atoms with Gasteiger partial charge in [-0.15, -0.1) is 0 Å². The molecule has 2 saturated carbocycles. The van der Waals surface area contributed by atoms with Gasteiger partial charge in [-0.25, -0.2) is 0 Å². The van der Waals surface area contributed by atoms with Crippen molar-refractivity contribution in [1.29, 1.82) is 0 Å². The van der Waals surface area contributed by atoms with E-state index in [1.165, 1.54) is 25.7 Å². The van der Waals surface area contributed by atoms with Crippen LogP contribution in [-0.2, 0) is 9.59 Å². The molecule has 1 unspecified atom stereocenters. The number of carbonyl (C=O) groups is 2. The smallest absolute Gasteiger partial charge is 0.243 e. The van der Waals surface area contributed by atoms with E-state index >= 15 is 0 Å². The number of amides is 2. The van der Waals surface area contributed by atoms with Gasteiger partial charge >= 0.3 is 0 Å². The third-order valence-corrected chi connectivity index (χ3v) is 4.83. The number of carbonyl (C=O) groups excluding carboxylic acids is 2. The predicted octanol–water partition coefficient (Wildman–Crippen LogP) is 1.41. The SMILES string of the molecule is CC(C)C1C(=O)NCC(=O)N1CC(C1CC1)C1CC1. The van der Waals surface area contributed by atoms with Crippen molar-refractivity contribution in [2.45, 2.75) is 45.6 Å². The maximum atomic E-state index is 12.2. The summed E-state index contributed by atoms with van der Waals surface area (Å²) >= 11 is 0. The van der Waals surface area contributed by atoms with Gasteiger partial charge in [-0.3, -0.25) is 9.59 Å². The molecule has 0 aromatic carbocycles. The average molecular weight is 264 g/mol. The van der Waals surface area contributed by atoms with Crippen molar-refractivity contribution < 1.29 is 9.59 Å². The Morgan fingerprint density at radius 2 is 1.74 bits per heavy atom. The molecule has 1 N–H and O–H groups in total. The first kappa shape index (κ1) is 12.9. The second-order valence-corrected chi connectivity index (χ2v) is 6.79. The third-order valence-electron chi connectivity index (χ3n) is 4.83. The van der Waals surface area contributed by atoms with Crippen LogP contribution in [0.3, 0.4) is 0 Å². The first-order chi connectivity index (χ1) is 9.08. The van der Waals surface area contributed by atoms with Crippen molar-refractivity contribution in [2.75, 3.05) is 13.1 Å². The van der Waals surface area contributed by atoms with Crippen LogP contribution in [0.15, 0.2) is 0 Å². The van der Waals surface area contributed by atoms with Gasteiger partial charge in [0.2, 0.25) is 11.8 Å². The molecule has 3 rings (SSSR count). The molecule has 0 radical (unpaired) electrons. The first-order valence-corrected chi connectivity index (χ1v) is 7.65. The van der Waals surface area contributed by atoms with Crippen LogP contribution in [0, 0.1) is 23.7 Å². The van der Waals surface area contributed by atoms with E-state index in [1.54, 1.807) is 0 Å². The fourth-order valence-electron chi connectivity index (χ4n) is 3.50. The molecule has 1 heterocycles. The third kappa shape index (κ3) is 2.63. The summed E-state index contributed by atoms with van der Waals surface area (Å²) in [6, 6.07) is -0.263. The van der Waals surface area contributed by atoms with Gasteiger partial charge in [0, 0.05) is 6.54 Å². The highest BCUT2D eigenvalue weighted by Gasteiger charge is 2.45. The van der Waals surface area contributed by atoms with Gasteiger partial charge in [-0.2, -0.15) is 0 Å². The number of piperazine rings is 1. The summed E-state index contributed by atoms with van der Waals surface area (Å²) < 4.78 is 0. The fourth-order valence-corrected chi connectivity index (χ4v) is 3.50. The average Bonchev–Trinajstić information content (AvgIpc) is 3.23. The van der Waals surface area contributed by atoms with Crippen molar-refractivity contribution in [2.24, 2.45) is 23.7 Å². The first-order valence-electron chi connectivity index (χ1n) is 7.65. The van der Waals surface area contributed by atoms with E-state index in [4.69, 9.17) is 0 Å². The molecule has 4 heteroatoms. The lowest BCUT2D eigenvalue weighted by atomic mass is 9.93. The topological polar surface area (TPSA) is 49.4 Å². The van der Waals surface area contributed by atoms with Crippen molar-refractivity contribution >= 4 is 11.8 Å². The summed E-state index contributed by atoms with van der Waals surface area (Å²) in [6.07, 6.45) is 5.28. The van der Waals surface area contributed by atoms with Crippen molar-refractivity contribution in [1.82, 2.24) is 10.2 Å². The molecule has 0 bridgehead atoms. The van der Waals surface area contributed by atoms with E-state index in [0.29, 0.717) is 5.92 Å². The van der Waals surface area contributed by atoms with Crippen LogP contribution in [0.2, 0.25) is 0 Å². The molecular weight excluding hydrogens is 240 g/mol. The van der Waals surface area contributed by atoms with Crippen LogP contribution in [0.5, 0.6) is 0 Å². The minimum Gasteiger partial charge on any atom is -0.345 e. The van der Waals surface area contributed by atoms with Gasteiger partial charge in [0.1, 0.15) is 6.04 Å². The highest BCUT2D eigenvalue weighted by Crippen LogP contribution is 2.49. The van der Waals surface area contributed by atoms with Crippen molar-refractivity contribution in [3.05, 3.63) is 0 Å². The Hall–Kier alpha value is -1.06. The zero-order valence-electron chi connectivity index (χ0n) is 11.9. The number of hydrogen-bond donors (Lipinski definition) is 1. The van der Waals surface area contributed by atoms with E-state index < -0.39 is 0 Å². The van der Waals surface area contributed by atoms with Gasteiger partial charge in [0.15, 0.2) is 0 Å². The zero-order valence-corrected chi connectivity index (χ0v) is 11.9. The molecule has 19 heavy (non-hydrogen) atoms. The summed E-state index contributed by atoms with van der Waals surface area (Å²) in [5.41, 5.74) is 0. The number of hydrogen-bond acceptors (Lipinski definition) is 2. The molecule has 0 aromatic heterocycles. The summed E-state index contributed by atoms with van der Waals surface area (Å²) in [5.74, 6) is 2.60. The summed E-state index contributed by atoms with van der Waals surface area (Å²) in [4.78, 5) is 26.1. The Morgan fingerprint density at radius 3 is 2.21 bits per heavy atom. The molecule has 1 aliphatic heterocycles. The van der Waals surface area contributed by atoms with Gasteiger partial charge in [-0.1, -0.05) is 13.8 Å². The molecule has 106 valence electrons. The Labute approximate surface area is 114 Å². The lowest BCUT2D eigenvalue weighted by Crippen LogP contribution is -2.61. The fraction of sp³-hybridized carbons (Fsp3) is 0.867. The molecular formula is C15H24N2O2. The maximum Gasteiger partial charge on any atom is 0.243 e. The molecule has 3 fully saturated rings. The molecule has 1 atom stereocenters. The standard InChI is InChI=1S/C15H24N2O2/c1-9(2)14-15(19)16-7-13(18)17(14)8-12(10-3-4-10)11-5-6-11/h9-12,14H,3-8H2,1-2H3,(H,16,19). The molecule has 0 spiro atoms. The van der Waals surface area contributed by atoms with Crippen LogP contribution in [-0.4, -0.2) is 35.8 Å². The molecule has 0 aromatic rings. The van der Waals surface area contributed by atoms with E-state index in [9.17, 15) is 9.59 Å². The Kier molecular flexibility index (Phi) is 3.27. The normalized spacial score (nSPS) is 28.2. The molecule has 2 aliphatic carbocycles. The Morgan fingerprint density at radius 1 is 1.16 bits per heavy atom. The number of nitrogens with one attached hydrogen (secondary N) is 1. The highest BCUT2D eigenvalue weighted by molar-refractivity contribution is 5.95. The van der Waals surface area contributed by atoms with Crippen LogP contribution >= 0.6 is 0 Å². The molecule has 4 nitrogen and oxygen atoms in total. The largest absolute Gasteiger partial charge is 0.345 e.